The standard InChI is InChI=1S/C19H20N6O2S/c1-12-20-18(28-24-12)14-6-7-16(23-22-14)25-10-8-19(9-11-25)21-17(26)13-4-2-3-5-15(13)27-19/h2-3,5-7,13H,4,8-11H2,1H3,(H,21,26). The summed E-state index contributed by atoms with van der Waals surface area (Å²) in [6, 6.07) is 3.89. The molecule has 5 rings (SSSR count). The van der Waals surface area contributed by atoms with Gasteiger partial charge >= 0.3 is 0 Å². The van der Waals surface area contributed by atoms with Crippen LogP contribution in [0.1, 0.15) is 25.1 Å². The molecule has 1 aliphatic carbocycles. The molecule has 2 saturated heterocycles. The summed E-state index contributed by atoms with van der Waals surface area (Å²) in [5.74, 6) is 2.23. The summed E-state index contributed by atoms with van der Waals surface area (Å²) in [5.41, 5.74) is 0.118. The summed E-state index contributed by atoms with van der Waals surface area (Å²) in [4.78, 5) is 19.0. The van der Waals surface area contributed by atoms with Gasteiger partial charge in [0.1, 0.15) is 17.3 Å². The minimum atomic E-state index is -0.613. The first-order valence-corrected chi connectivity index (χ1v) is 10.2. The van der Waals surface area contributed by atoms with Crippen molar-refractivity contribution >= 4 is 23.3 Å². The lowest BCUT2D eigenvalue weighted by molar-refractivity contribution is -0.149. The number of aromatic nitrogens is 4. The number of carbonyl (C=O) groups excluding carboxylic acids is 1. The lowest BCUT2D eigenvalue weighted by Gasteiger charge is -2.47. The van der Waals surface area contributed by atoms with Gasteiger partial charge in [-0.15, -0.1) is 10.2 Å². The lowest BCUT2D eigenvalue weighted by Crippen LogP contribution is -2.61. The maximum Gasteiger partial charge on any atom is 0.234 e. The van der Waals surface area contributed by atoms with E-state index in [2.05, 4.69) is 29.8 Å². The average molecular weight is 396 g/mol. The van der Waals surface area contributed by atoms with Crippen molar-refractivity contribution in [3.63, 3.8) is 0 Å². The fourth-order valence-corrected chi connectivity index (χ4v) is 4.48. The summed E-state index contributed by atoms with van der Waals surface area (Å²) in [7, 11) is 0. The number of aryl methyl sites for hydroxylation is 1. The molecule has 0 bridgehead atoms. The molecule has 9 heteroatoms. The van der Waals surface area contributed by atoms with Gasteiger partial charge in [0.05, 0.1) is 5.92 Å². The van der Waals surface area contributed by atoms with Crippen molar-refractivity contribution in [3.8, 4) is 10.7 Å². The summed E-state index contributed by atoms with van der Waals surface area (Å²) >= 11 is 1.32. The van der Waals surface area contributed by atoms with Crippen molar-refractivity contribution in [2.24, 2.45) is 5.92 Å². The molecule has 0 radical (unpaired) electrons. The summed E-state index contributed by atoms with van der Waals surface area (Å²) < 4.78 is 10.4. The van der Waals surface area contributed by atoms with Gasteiger partial charge in [-0.3, -0.25) is 4.79 Å². The van der Waals surface area contributed by atoms with E-state index in [1.165, 1.54) is 11.5 Å². The highest BCUT2D eigenvalue weighted by atomic mass is 32.1. The van der Waals surface area contributed by atoms with Crippen molar-refractivity contribution in [2.45, 2.75) is 31.9 Å². The molecule has 1 amide bonds. The SMILES string of the molecule is Cc1nsc(-c2ccc(N3CCC4(CC3)NC(=O)C3CC=CC=C3O4)nn2)n1. The summed E-state index contributed by atoms with van der Waals surface area (Å²) in [6.07, 6.45) is 7.99. The van der Waals surface area contributed by atoms with Crippen LogP contribution in [0.25, 0.3) is 10.7 Å². The van der Waals surface area contributed by atoms with Crippen LogP contribution >= 0.6 is 11.5 Å². The Morgan fingerprint density at radius 3 is 2.86 bits per heavy atom. The lowest BCUT2D eigenvalue weighted by atomic mass is 9.91. The number of nitrogens with zero attached hydrogens (tertiary/aromatic N) is 5. The van der Waals surface area contributed by atoms with Gasteiger partial charge in [0.25, 0.3) is 0 Å². The zero-order chi connectivity index (χ0) is 19.1. The van der Waals surface area contributed by atoms with E-state index < -0.39 is 5.72 Å². The van der Waals surface area contributed by atoms with Crippen molar-refractivity contribution < 1.29 is 9.53 Å². The maximum absolute atomic E-state index is 12.5. The number of piperidine rings is 1. The molecule has 1 atom stereocenters. The fraction of sp³-hybridized carbons (Fsp3) is 0.421. The zero-order valence-corrected chi connectivity index (χ0v) is 16.3. The number of hydrogen-bond acceptors (Lipinski definition) is 8. The minimum Gasteiger partial charge on any atom is -0.471 e. The fourth-order valence-electron chi connectivity index (χ4n) is 3.85. The number of ether oxygens (including phenoxy) is 1. The van der Waals surface area contributed by atoms with Gasteiger partial charge in [0.15, 0.2) is 16.6 Å². The van der Waals surface area contributed by atoms with Crippen molar-refractivity contribution in [1.82, 2.24) is 24.9 Å². The van der Waals surface area contributed by atoms with Gasteiger partial charge in [0.2, 0.25) is 5.91 Å². The van der Waals surface area contributed by atoms with Crippen molar-refractivity contribution in [3.05, 3.63) is 41.9 Å². The van der Waals surface area contributed by atoms with Gasteiger partial charge in [-0.1, -0.05) is 12.2 Å². The largest absolute Gasteiger partial charge is 0.471 e. The van der Waals surface area contributed by atoms with E-state index in [4.69, 9.17) is 4.74 Å². The Kier molecular flexibility index (Phi) is 4.12. The van der Waals surface area contributed by atoms with Crippen LogP contribution in [-0.2, 0) is 9.53 Å². The highest BCUT2D eigenvalue weighted by Crippen LogP contribution is 2.36. The Labute approximate surface area is 166 Å². The predicted molar refractivity (Wildman–Crippen MR) is 104 cm³/mol. The number of amides is 1. The molecule has 1 unspecified atom stereocenters. The molecule has 2 fully saturated rings. The molecule has 1 N–H and O–H groups in total. The highest BCUT2D eigenvalue weighted by molar-refractivity contribution is 7.09. The normalized spacial score (nSPS) is 23.0. The minimum absolute atomic E-state index is 0.0618. The topological polar surface area (TPSA) is 93.1 Å². The van der Waals surface area contributed by atoms with Gasteiger partial charge < -0.3 is 15.0 Å². The Bertz CT molecular complexity index is 959. The van der Waals surface area contributed by atoms with E-state index in [-0.39, 0.29) is 11.8 Å². The third kappa shape index (κ3) is 3.05. The van der Waals surface area contributed by atoms with Gasteiger partial charge in [-0.2, -0.15) is 4.37 Å². The zero-order valence-electron chi connectivity index (χ0n) is 15.5. The van der Waals surface area contributed by atoms with Crippen LogP contribution in [0.5, 0.6) is 0 Å². The van der Waals surface area contributed by atoms with Crippen LogP contribution in [0.3, 0.4) is 0 Å². The smallest absolute Gasteiger partial charge is 0.234 e. The number of fused-ring (bicyclic) bond motifs is 1. The third-order valence-electron chi connectivity index (χ3n) is 5.38. The molecule has 8 nitrogen and oxygen atoms in total. The highest BCUT2D eigenvalue weighted by Gasteiger charge is 2.46. The molecule has 2 aromatic heterocycles. The Morgan fingerprint density at radius 2 is 2.14 bits per heavy atom. The van der Waals surface area contributed by atoms with E-state index in [9.17, 15) is 4.79 Å². The second-order valence-electron chi connectivity index (χ2n) is 7.28. The number of allylic oxidation sites excluding steroid dienone is 3. The molecule has 1 spiro atoms. The van der Waals surface area contributed by atoms with Crippen LogP contribution in [0.2, 0.25) is 0 Å². The van der Waals surface area contributed by atoms with Crippen molar-refractivity contribution in [2.75, 3.05) is 18.0 Å². The van der Waals surface area contributed by atoms with Gasteiger partial charge in [-0.25, -0.2) is 4.98 Å². The number of anilines is 1. The van der Waals surface area contributed by atoms with Crippen LogP contribution < -0.4 is 10.2 Å². The van der Waals surface area contributed by atoms with Gasteiger partial charge in [0, 0.05) is 25.9 Å². The van der Waals surface area contributed by atoms with Crippen LogP contribution in [0.15, 0.2) is 36.1 Å². The second-order valence-corrected chi connectivity index (χ2v) is 8.03. The van der Waals surface area contributed by atoms with E-state index in [1.54, 1.807) is 0 Å². The molecule has 3 aliphatic rings. The number of carbonyl (C=O) groups is 1. The summed E-state index contributed by atoms with van der Waals surface area (Å²) in [5, 5.41) is 12.6. The predicted octanol–water partition coefficient (Wildman–Crippen LogP) is 2.21. The molecule has 144 valence electrons. The number of rotatable bonds is 2. The molecular weight excluding hydrogens is 376 g/mol. The second kappa shape index (κ2) is 6.66. The maximum atomic E-state index is 12.5. The Morgan fingerprint density at radius 1 is 1.29 bits per heavy atom. The monoisotopic (exact) mass is 396 g/mol. The van der Waals surface area contributed by atoms with Crippen LogP contribution in [0.4, 0.5) is 5.82 Å². The average Bonchev–Trinajstić information content (AvgIpc) is 3.15. The first-order valence-electron chi connectivity index (χ1n) is 9.39. The molecule has 28 heavy (non-hydrogen) atoms. The number of hydrogen-bond donors (Lipinski definition) is 1. The third-order valence-corrected chi connectivity index (χ3v) is 6.21. The van der Waals surface area contributed by atoms with Crippen molar-refractivity contribution in [1.29, 1.82) is 0 Å². The Hall–Kier alpha value is -2.81. The van der Waals surface area contributed by atoms with Crippen LogP contribution in [-0.4, -0.2) is 44.3 Å². The van der Waals surface area contributed by atoms with E-state index in [1.807, 2.05) is 37.3 Å². The van der Waals surface area contributed by atoms with E-state index in [0.717, 1.165) is 41.2 Å². The molecule has 2 aromatic rings. The van der Waals surface area contributed by atoms with E-state index in [0.29, 0.717) is 19.3 Å². The quantitative estimate of drug-likeness (QED) is 0.832. The first kappa shape index (κ1) is 17.3. The molecular formula is C19H20N6O2S. The Balaban J connectivity index is 1.27. The summed E-state index contributed by atoms with van der Waals surface area (Å²) in [6.45, 7) is 3.33. The molecule has 0 saturated carbocycles. The molecule has 2 aliphatic heterocycles. The van der Waals surface area contributed by atoms with E-state index >= 15 is 0 Å². The number of nitrogens with one attached hydrogen (secondary N) is 1. The van der Waals surface area contributed by atoms with Gasteiger partial charge in [-0.05, 0) is 43.1 Å². The molecule has 0 aromatic carbocycles. The van der Waals surface area contributed by atoms with Crippen LogP contribution in [0, 0.1) is 12.8 Å². The molecule has 4 heterocycles. The first-order chi connectivity index (χ1) is 13.6.